The molecule has 3 heteroatoms. The quantitative estimate of drug-likeness (QED) is 0.527. The van der Waals surface area contributed by atoms with E-state index >= 15 is 0 Å². The minimum absolute atomic E-state index is 0.581. The highest BCUT2D eigenvalue weighted by Gasteiger charge is 2.02. The Morgan fingerprint density at radius 1 is 1.53 bits per heavy atom. The molecule has 1 aromatic heterocycles. The number of rotatable bonds is 9. The molecule has 94 valence electrons. The molecule has 1 N–H and O–H groups in total. The summed E-state index contributed by atoms with van der Waals surface area (Å²) in [6.07, 6.45) is 5.71. The fraction of sp³-hybridized carbons (Fsp3) is 0.500. The van der Waals surface area contributed by atoms with Crippen molar-refractivity contribution in [2.45, 2.75) is 32.9 Å². The topological polar surface area (TPSA) is 34.1 Å². The van der Waals surface area contributed by atoms with Crippen molar-refractivity contribution in [1.29, 1.82) is 0 Å². The van der Waals surface area contributed by atoms with Gasteiger partial charge in [0.25, 0.3) is 0 Å². The van der Waals surface area contributed by atoms with Gasteiger partial charge in [-0.05, 0) is 31.0 Å². The van der Waals surface area contributed by atoms with Crippen molar-refractivity contribution in [3.05, 3.63) is 42.2 Å². The Kier molecular flexibility index (Phi) is 7.27. The van der Waals surface area contributed by atoms with Gasteiger partial charge < -0.3 is 10.1 Å². The van der Waals surface area contributed by atoms with Crippen molar-refractivity contribution in [1.82, 2.24) is 10.3 Å². The van der Waals surface area contributed by atoms with Crippen LogP contribution in [0.15, 0.2) is 31.0 Å². The molecule has 0 bridgehead atoms. The van der Waals surface area contributed by atoms with Crippen molar-refractivity contribution in [2.24, 2.45) is 0 Å². The molecular weight excluding hydrogens is 212 g/mol. The molecule has 0 aromatic carbocycles. The van der Waals surface area contributed by atoms with E-state index in [9.17, 15) is 0 Å². The van der Waals surface area contributed by atoms with Crippen molar-refractivity contribution in [3.8, 4) is 0 Å². The van der Waals surface area contributed by atoms with Gasteiger partial charge in [-0.15, -0.1) is 6.58 Å². The van der Waals surface area contributed by atoms with Crippen LogP contribution in [0.3, 0.4) is 0 Å². The maximum absolute atomic E-state index is 5.55. The van der Waals surface area contributed by atoms with Crippen LogP contribution >= 0.6 is 0 Å². The van der Waals surface area contributed by atoms with Crippen LogP contribution in [0.25, 0.3) is 0 Å². The lowest BCUT2D eigenvalue weighted by atomic mass is 10.2. The maximum atomic E-state index is 5.55. The molecule has 0 atom stereocenters. The van der Waals surface area contributed by atoms with E-state index in [4.69, 9.17) is 4.74 Å². The highest BCUT2D eigenvalue weighted by Crippen LogP contribution is 2.07. The van der Waals surface area contributed by atoms with E-state index in [1.807, 2.05) is 18.3 Å². The summed E-state index contributed by atoms with van der Waals surface area (Å²) < 4.78 is 5.55. The zero-order valence-electron chi connectivity index (χ0n) is 10.6. The molecule has 0 saturated carbocycles. The smallest absolute Gasteiger partial charge is 0.0891 e. The van der Waals surface area contributed by atoms with Gasteiger partial charge in [0.2, 0.25) is 0 Å². The molecule has 3 nitrogen and oxygen atoms in total. The number of nitrogens with zero attached hydrogens (tertiary/aromatic N) is 1. The van der Waals surface area contributed by atoms with Crippen LogP contribution in [-0.2, 0) is 17.9 Å². The molecule has 0 fully saturated rings. The second kappa shape index (κ2) is 8.90. The summed E-state index contributed by atoms with van der Waals surface area (Å²) in [6.45, 7) is 9.02. The first-order valence-corrected chi connectivity index (χ1v) is 6.20. The van der Waals surface area contributed by atoms with Crippen LogP contribution in [0.2, 0.25) is 0 Å². The maximum Gasteiger partial charge on any atom is 0.0891 e. The molecule has 1 rings (SSSR count). The van der Waals surface area contributed by atoms with Crippen molar-refractivity contribution < 1.29 is 4.74 Å². The minimum Gasteiger partial charge on any atom is -0.375 e. The number of hydrogen-bond acceptors (Lipinski definition) is 3. The van der Waals surface area contributed by atoms with E-state index < -0.39 is 0 Å². The van der Waals surface area contributed by atoms with Crippen molar-refractivity contribution >= 4 is 0 Å². The summed E-state index contributed by atoms with van der Waals surface area (Å²) in [4.78, 5) is 4.36. The largest absolute Gasteiger partial charge is 0.375 e. The Morgan fingerprint density at radius 3 is 3.18 bits per heavy atom. The Balaban J connectivity index is 2.42. The van der Waals surface area contributed by atoms with E-state index in [1.54, 1.807) is 0 Å². The molecule has 1 heterocycles. The molecule has 0 aliphatic carbocycles. The highest BCUT2D eigenvalue weighted by molar-refractivity contribution is 5.18. The van der Waals surface area contributed by atoms with Gasteiger partial charge in [0.05, 0.1) is 18.9 Å². The van der Waals surface area contributed by atoms with Gasteiger partial charge in [0, 0.05) is 12.7 Å². The van der Waals surface area contributed by atoms with Gasteiger partial charge in [-0.2, -0.15) is 0 Å². The number of nitrogens with one attached hydrogen (secondary N) is 1. The zero-order chi connectivity index (χ0) is 12.3. The lowest BCUT2D eigenvalue weighted by Gasteiger charge is -2.09. The van der Waals surface area contributed by atoms with Crippen LogP contribution in [0.1, 0.15) is 31.0 Å². The van der Waals surface area contributed by atoms with Crippen LogP contribution in [0.5, 0.6) is 0 Å². The van der Waals surface area contributed by atoms with E-state index in [-0.39, 0.29) is 0 Å². The molecule has 17 heavy (non-hydrogen) atoms. The third-order valence-electron chi connectivity index (χ3n) is 2.43. The van der Waals surface area contributed by atoms with Crippen LogP contribution in [0.4, 0.5) is 0 Å². The van der Waals surface area contributed by atoms with Gasteiger partial charge in [-0.3, -0.25) is 4.98 Å². The summed E-state index contributed by atoms with van der Waals surface area (Å²) in [5.74, 6) is 0. The Bertz CT molecular complexity index is 326. The predicted molar refractivity (Wildman–Crippen MR) is 70.7 cm³/mol. The van der Waals surface area contributed by atoms with Gasteiger partial charge in [-0.1, -0.05) is 19.1 Å². The standard InChI is InChI=1S/C14H22N2O/c1-3-5-10-17-12-14-13(7-6-9-16-14)11-15-8-4-2/h3,6-7,9,15H,1,4-5,8,10-12H2,2H3. The summed E-state index contributed by atoms with van der Waals surface area (Å²) in [6, 6.07) is 4.07. The van der Waals surface area contributed by atoms with Gasteiger partial charge in [0.1, 0.15) is 0 Å². The summed E-state index contributed by atoms with van der Waals surface area (Å²) >= 11 is 0. The average molecular weight is 234 g/mol. The van der Waals surface area contributed by atoms with E-state index in [1.165, 1.54) is 5.56 Å². The molecule has 0 spiro atoms. The lowest BCUT2D eigenvalue weighted by molar-refractivity contribution is 0.122. The monoisotopic (exact) mass is 234 g/mol. The molecular formula is C14H22N2O. The molecule has 0 aliphatic heterocycles. The Hall–Kier alpha value is -1.19. The number of pyridine rings is 1. The fourth-order valence-corrected chi connectivity index (χ4v) is 1.50. The van der Waals surface area contributed by atoms with E-state index in [2.05, 4.69) is 29.9 Å². The zero-order valence-corrected chi connectivity index (χ0v) is 10.6. The third-order valence-corrected chi connectivity index (χ3v) is 2.43. The molecule has 0 radical (unpaired) electrons. The van der Waals surface area contributed by atoms with Crippen molar-refractivity contribution in [3.63, 3.8) is 0 Å². The molecule has 0 aliphatic rings. The summed E-state index contributed by atoms with van der Waals surface area (Å²) in [5, 5.41) is 3.38. The second-order valence-electron chi connectivity index (χ2n) is 3.92. The molecule has 0 saturated heterocycles. The first-order chi connectivity index (χ1) is 8.38. The van der Waals surface area contributed by atoms with Crippen LogP contribution in [0, 0.1) is 0 Å². The first-order valence-electron chi connectivity index (χ1n) is 6.20. The molecule has 0 unspecified atom stereocenters. The number of aromatic nitrogens is 1. The van der Waals surface area contributed by atoms with Gasteiger partial charge >= 0.3 is 0 Å². The average Bonchev–Trinajstić information content (AvgIpc) is 2.36. The first kappa shape index (κ1) is 13.9. The Labute approximate surface area is 104 Å². The number of hydrogen-bond donors (Lipinski definition) is 1. The normalized spacial score (nSPS) is 10.4. The summed E-state index contributed by atoms with van der Waals surface area (Å²) in [5.41, 5.74) is 2.25. The minimum atomic E-state index is 0.581. The van der Waals surface area contributed by atoms with Gasteiger partial charge in [-0.25, -0.2) is 0 Å². The summed E-state index contributed by atoms with van der Waals surface area (Å²) in [7, 11) is 0. The van der Waals surface area contributed by atoms with Crippen LogP contribution in [-0.4, -0.2) is 18.1 Å². The third kappa shape index (κ3) is 5.61. The Morgan fingerprint density at radius 2 is 2.41 bits per heavy atom. The lowest BCUT2D eigenvalue weighted by Crippen LogP contribution is -2.16. The SMILES string of the molecule is C=CCCOCc1ncccc1CNCCC. The van der Waals surface area contributed by atoms with Crippen molar-refractivity contribution in [2.75, 3.05) is 13.2 Å². The second-order valence-corrected chi connectivity index (χ2v) is 3.92. The van der Waals surface area contributed by atoms with E-state index in [0.29, 0.717) is 13.2 Å². The predicted octanol–water partition coefficient (Wildman–Crippen LogP) is 2.67. The fourth-order valence-electron chi connectivity index (χ4n) is 1.50. The van der Waals surface area contributed by atoms with Gasteiger partial charge in [0.15, 0.2) is 0 Å². The molecule has 1 aromatic rings. The molecule has 0 amide bonds. The number of ether oxygens (including phenoxy) is 1. The van der Waals surface area contributed by atoms with E-state index in [0.717, 1.165) is 31.6 Å². The van der Waals surface area contributed by atoms with Crippen LogP contribution < -0.4 is 5.32 Å². The highest BCUT2D eigenvalue weighted by atomic mass is 16.5.